The molecule has 7 heteroatoms. The summed E-state index contributed by atoms with van der Waals surface area (Å²) in [6, 6.07) is 9.76. The quantitative estimate of drug-likeness (QED) is 0.722. The third kappa shape index (κ3) is 4.64. The summed E-state index contributed by atoms with van der Waals surface area (Å²) in [6.07, 6.45) is -3.99. The van der Waals surface area contributed by atoms with Crippen LogP contribution in [0.1, 0.15) is 21.5 Å². The molecule has 0 aliphatic carbocycles. The molecule has 0 bridgehead atoms. The van der Waals surface area contributed by atoms with E-state index in [4.69, 9.17) is 16.3 Å². The van der Waals surface area contributed by atoms with E-state index in [1.807, 2.05) is 6.07 Å². The Kier molecular flexibility index (Phi) is 5.72. The van der Waals surface area contributed by atoms with Gasteiger partial charge in [0.15, 0.2) is 0 Å². The molecule has 0 spiro atoms. The van der Waals surface area contributed by atoms with Crippen molar-refractivity contribution in [3.05, 3.63) is 64.2 Å². The molecule has 0 atom stereocenters. The Bertz CT molecular complexity index is 729. The average molecular weight is 359 g/mol. The number of carbonyl (C=O) groups is 1. The molecule has 2 aromatic carbocycles. The van der Waals surface area contributed by atoms with Crippen molar-refractivity contribution >= 4 is 17.6 Å². The maximum atomic E-state index is 12.6. The largest absolute Gasteiger partial charge is 0.492 e. The normalized spacial score (nSPS) is 11.2. The van der Waals surface area contributed by atoms with Crippen LogP contribution < -0.4 is 4.74 Å². The lowest BCUT2D eigenvalue weighted by atomic mass is 10.1. The predicted octanol–water partition coefficient (Wildman–Crippen LogP) is 4.77. The highest BCUT2D eigenvalue weighted by molar-refractivity contribution is 6.32. The fourth-order valence-corrected chi connectivity index (χ4v) is 2.28. The number of carbonyl (C=O) groups excluding carboxylic acids is 1. The smallest absolute Gasteiger partial charge is 0.416 e. The molecule has 0 aliphatic heterocycles. The fourth-order valence-electron chi connectivity index (χ4n) is 2.04. The first kappa shape index (κ1) is 18.1. The number of methoxy groups -OCH3 is 1. The molecule has 0 saturated carbocycles. The van der Waals surface area contributed by atoms with Crippen LogP contribution >= 0.6 is 11.6 Å². The molecule has 2 aromatic rings. The Morgan fingerprint density at radius 2 is 1.92 bits per heavy atom. The van der Waals surface area contributed by atoms with Crippen molar-refractivity contribution < 1.29 is 27.4 Å². The van der Waals surface area contributed by atoms with Gasteiger partial charge in [-0.05, 0) is 35.9 Å². The lowest BCUT2D eigenvalue weighted by molar-refractivity contribution is -0.137. The van der Waals surface area contributed by atoms with Gasteiger partial charge in [0.1, 0.15) is 5.75 Å². The van der Waals surface area contributed by atoms with Gasteiger partial charge in [0.2, 0.25) is 0 Å². The second-order valence-electron chi connectivity index (χ2n) is 4.93. The molecule has 2 rings (SSSR count). The summed E-state index contributed by atoms with van der Waals surface area (Å²) in [5.74, 6) is -0.266. The molecular weight excluding hydrogens is 345 g/mol. The van der Waals surface area contributed by atoms with Gasteiger partial charge in [-0.2, -0.15) is 13.2 Å². The zero-order valence-corrected chi connectivity index (χ0v) is 13.4. The van der Waals surface area contributed by atoms with Crippen molar-refractivity contribution in [2.75, 3.05) is 13.7 Å². The predicted molar refractivity (Wildman–Crippen MR) is 83.4 cm³/mol. The zero-order chi connectivity index (χ0) is 17.7. The van der Waals surface area contributed by atoms with Crippen molar-refractivity contribution in [3.63, 3.8) is 0 Å². The van der Waals surface area contributed by atoms with Gasteiger partial charge >= 0.3 is 12.1 Å². The van der Waals surface area contributed by atoms with Crippen LogP contribution in [0.3, 0.4) is 0 Å². The molecule has 0 radical (unpaired) electrons. The number of benzene rings is 2. The van der Waals surface area contributed by atoms with Gasteiger partial charge in [-0.3, -0.25) is 0 Å². The maximum Gasteiger partial charge on any atom is 0.416 e. The van der Waals surface area contributed by atoms with Crippen LogP contribution in [0.15, 0.2) is 42.5 Å². The van der Waals surface area contributed by atoms with E-state index in [0.717, 1.165) is 17.7 Å². The monoisotopic (exact) mass is 358 g/mol. The second-order valence-corrected chi connectivity index (χ2v) is 5.34. The standard InChI is InChI=1S/C17H14ClF3O3/c1-23-16(22)12-4-2-3-11(9-12)7-8-24-15-6-5-13(10-14(15)18)17(19,20)21/h2-6,9-10H,7-8H2,1H3. The van der Waals surface area contributed by atoms with Crippen molar-refractivity contribution in [2.24, 2.45) is 0 Å². The molecule has 0 fully saturated rings. The summed E-state index contributed by atoms with van der Waals surface area (Å²) < 4.78 is 47.8. The maximum absolute atomic E-state index is 12.6. The van der Waals surface area contributed by atoms with E-state index in [1.54, 1.807) is 18.2 Å². The van der Waals surface area contributed by atoms with E-state index < -0.39 is 17.7 Å². The van der Waals surface area contributed by atoms with Crippen LogP contribution in [-0.2, 0) is 17.3 Å². The Balaban J connectivity index is 1.99. The summed E-state index contributed by atoms with van der Waals surface area (Å²) in [5, 5.41) is -0.104. The second kappa shape index (κ2) is 7.57. The molecule has 0 unspecified atom stereocenters. The Morgan fingerprint density at radius 3 is 2.54 bits per heavy atom. The van der Waals surface area contributed by atoms with Gasteiger partial charge in [0.25, 0.3) is 0 Å². The minimum Gasteiger partial charge on any atom is -0.492 e. The van der Waals surface area contributed by atoms with E-state index in [-0.39, 0.29) is 17.4 Å². The third-order valence-electron chi connectivity index (χ3n) is 3.26. The number of hydrogen-bond acceptors (Lipinski definition) is 3. The van der Waals surface area contributed by atoms with Gasteiger partial charge in [0, 0.05) is 6.42 Å². The zero-order valence-electron chi connectivity index (χ0n) is 12.7. The molecule has 0 amide bonds. The lowest BCUT2D eigenvalue weighted by Gasteiger charge is -2.11. The van der Waals surface area contributed by atoms with E-state index in [9.17, 15) is 18.0 Å². The van der Waals surface area contributed by atoms with E-state index >= 15 is 0 Å². The molecule has 0 heterocycles. The van der Waals surface area contributed by atoms with Crippen molar-refractivity contribution in [3.8, 4) is 5.75 Å². The summed E-state index contributed by atoms with van der Waals surface area (Å²) in [4.78, 5) is 11.5. The number of halogens is 4. The SMILES string of the molecule is COC(=O)c1cccc(CCOc2ccc(C(F)(F)F)cc2Cl)c1. The number of alkyl halides is 3. The molecule has 0 N–H and O–H groups in total. The first-order valence-corrected chi connectivity index (χ1v) is 7.36. The van der Waals surface area contributed by atoms with Crippen LogP contribution in [0.25, 0.3) is 0 Å². The summed E-state index contributed by atoms with van der Waals surface area (Å²) in [5.41, 5.74) is 0.425. The number of hydrogen-bond donors (Lipinski definition) is 0. The molecule has 24 heavy (non-hydrogen) atoms. The molecule has 0 saturated heterocycles. The molecule has 128 valence electrons. The first-order chi connectivity index (χ1) is 11.3. The molecule has 0 aliphatic rings. The highest BCUT2D eigenvalue weighted by Crippen LogP contribution is 2.34. The van der Waals surface area contributed by atoms with Crippen LogP contribution in [0.4, 0.5) is 13.2 Å². The summed E-state index contributed by atoms with van der Waals surface area (Å²) >= 11 is 5.82. The summed E-state index contributed by atoms with van der Waals surface area (Å²) in [6.45, 7) is 0.204. The van der Waals surface area contributed by atoms with E-state index in [2.05, 4.69) is 4.74 Å². The van der Waals surface area contributed by atoms with E-state index in [0.29, 0.717) is 12.0 Å². The van der Waals surface area contributed by atoms with Crippen molar-refractivity contribution in [2.45, 2.75) is 12.6 Å². The topological polar surface area (TPSA) is 35.5 Å². The van der Waals surface area contributed by atoms with Gasteiger partial charge in [-0.15, -0.1) is 0 Å². The van der Waals surface area contributed by atoms with Crippen LogP contribution in [0.2, 0.25) is 5.02 Å². The Morgan fingerprint density at radius 1 is 1.17 bits per heavy atom. The average Bonchev–Trinajstić information content (AvgIpc) is 2.55. The van der Waals surface area contributed by atoms with E-state index in [1.165, 1.54) is 13.2 Å². The van der Waals surface area contributed by atoms with Crippen LogP contribution in [0, 0.1) is 0 Å². The summed E-state index contributed by atoms with van der Waals surface area (Å²) in [7, 11) is 1.30. The highest BCUT2D eigenvalue weighted by Gasteiger charge is 2.31. The van der Waals surface area contributed by atoms with Gasteiger partial charge in [-0.1, -0.05) is 23.7 Å². The fraction of sp³-hybridized carbons (Fsp3) is 0.235. The molecule has 0 aromatic heterocycles. The Labute approximate surface area is 142 Å². The van der Waals surface area contributed by atoms with Crippen LogP contribution in [-0.4, -0.2) is 19.7 Å². The molecule has 3 nitrogen and oxygen atoms in total. The van der Waals surface area contributed by atoms with Gasteiger partial charge in [0.05, 0.1) is 29.9 Å². The van der Waals surface area contributed by atoms with Crippen molar-refractivity contribution in [1.29, 1.82) is 0 Å². The number of ether oxygens (including phenoxy) is 2. The van der Waals surface area contributed by atoms with Gasteiger partial charge in [-0.25, -0.2) is 4.79 Å². The third-order valence-corrected chi connectivity index (χ3v) is 3.55. The minimum absolute atomic E-state index is 0.104. The molecular formula is C17H14ClF3O3. The van der Waals surface area contributed by atoms with Crippen LogP contribution in [0.5, 0.6) is 5.75 Å². The number of esters is 1. The van der Waals surface area contributed by atoms with Crippen molar-refractivity contribution in [1.82, 2.24) is 0 Å². The van der Waals surface area contributed by atoms with Gasteiger partial charge < -0.3 is 9.47 Å². The minimum atomic E-state index is -4.45. The lowest BCUT2D eigenvalue weighted by Crippen LogP contribution is -2.07. The Hall–Kier alpha value is -2.21. The first-order valence-electron chi connectivity index (χ1n) is 6.98. The number of rotatable bonds is 5. The highest BCUT2D eigenvalue weighted by atomic mass is 35.5.